The van der Waals surface area contributed by atoms with Gasteiger partial charge >= 0.3 is 12.1 Å². The Morgan fingerprint density at radius 2 is 1.76 bits per heavy atom. The molecule has 0 saturated carbocycles. The summed E-state index contributed by atoms with van der Waals surface area (Å²) in [6.45, 7) is 0. The van der Waals surface area contributed by atoms with E-state index in [1.54, 1.807) is 0 Å². The molecule has 0 spiro atoms. The van der Waals surface area contributed by atoms with Crippen LogP contribution in [-0.4, -0.2) is 16.1 Å². The number of carboxylic acids is 1. The number of aromatic amines is 1. The number of hydrogen-bond donors (Lipinski definition) is 2. The highest BCUT2D eigenvalue weighted by Gasteiger charge is 2.29. The fraction of sp³-hybridized carbons (Fsp3) is 0.143. The molecule has 2 aromatic rings. The van der Waals surface area contributed by atoms with Gasteiger partial charge in [-0.25, -0.2) is 4.79 Å². The molecule has 2 rings (SSSR count). The van der Waals surface area contributed by atoms with Crippen LogP contribution >= 0.6 is 0 Å². The van der Waals surface area contributed by atoms with E-state index in [-0.39, 0.29) is 12.0 Å². The Kier molecular flexibility index (Phi) is 3.84. The van der Waals surface area contributed by atoms with Crippen LogP contribution in [-0.2, 0) is 12.6 Å². The number of H-pyrrole nitrogens is 1. The maximum Gasteiger partial charge on any atom is 0.416 e. The van der Waals surface area contributed by atoms with Crippen molar-refractivity contribution in [1.82, 2.24) is 4.98 Å². The van der Waals surface area contributed by atoms with E-state index in [0.717, 1.165) is 12.1 Å². The van der Waals surface area contributed by atoms with Gasteiger partial charge in [-0.1, -0.05) is 12.1 Å². The van der Waals surface area contributed by atoms with E-state index in [4.69, 9.17) is 5.11 Å². The van der Waals surface area contributed by atoms with Crippen molar-refractivity contribution in [3.05, 3.63) is 69.1 Å². The number of carboxylic acid groups (broad SMARTS) is 1. The van der Waals surface area contributed by atoms with Crippen LogP contribution < -0.4 is 5.56 Å². The number of rotatable bonds is 3. The lowest BCUT2D eigenvalue weighted by molar-refractivity contribution is -0.137. The van der Waals surface area contributed by atoms with Crippen LogP contribution in [0.15, 0.2) is 41.3 Å². The maximum atomic E-state index is 12.4. The lowest BCUT2D eigenvalue weighted by Crippen LogP contribution is -2.20. The minimum Gasteiger partial charge on any atom is -0.477 e. The molecule has 7 heteroatoms. The molecule has 0 aliphatic rings. The SMILES string of the molecule is O=C(O)c1c(Cc2ccc(C(F)(F)F)cc2)cc[nH]c1=O. The van der Waals surface area contributed by atoms with Crippen molar-refractivity contribution in [2.45, 2.75) is 12.6 Å². The Morgan fingerprint density at radius 3 is 2.29 bits per heavy atom. The van der Waals surface area contributed by atoms with Crippen LogP contribution in [0.4, 0.5) is 13.2 Å². The second kappa shape index (κ2) is 5.43. The van der Waals surface area contributed by atoms with Gasteiger partial charge in [0.05, 0.1) is 5.56 Å². The standard InChI is InChI=1S/C14H10F3NO3/c15-14(16,17)10-3-1-8(2-4-10)7-9-5-6-18-12(19)11(9)13(20)21/h1-6H,7H2,(H,18,19)(H,20,21). The van der Waals surface area contributed by atoms with E-state index in [2.05, 4.69) is 4.98 Å². The second-order valence-electron chi connectivity index (χ2n) is 4.38. The van der Waals surface area contributed by atoms with E-state index in [1.807, 2.05) is 0 Å². The molecule has 0 aliphatic heterocycles. The summed E-state index contributed by atoms with van der Waals surface area (Å²) in [6, 6.07) is 5.78. The number of carbonyl (C=O) groups is 1. The first-order valence-corrected chi connectivity index (χ1v) is 5.89. The van der Waals surface area contributed by atoms with Gasteiger partial charge in [0.2, 0.25) is 0 Å². The lowest BCUT2D eigenvalue weighted by atomic mass is 10.0. The normalized spacial score (nSPS) is 11.4. The quantitative estimate of drug-likeness (QED) is 0.915. The lowest BCUT2D eigenvalue weighted by Gasteiger charge is -2.08. The Hall–Kier alpha value is -2.57. The van der Waals surface area contributed by atoms with E-state index >= 15 is 0 Å². The number of hydrogen-bond acceptors (Lipinski definition) is 2. The topological polar surface area (TPSA) is 70.2 Å². The Bertz CT molecular complexity index is 717. The zero-order valence-electron chi connectivity index (χ0n) is 10.6. The molecule has 0 amide bonds. The molecule has 0 radical (unpaired) electrons. The third kappa shape index (κ3) is 3.31. The molecule has 110 valence electrons. The van der Waals surface area contributed by atoms with Crippen molar-refractivity contribution < 1.29 is 23.1 Å². The predicted octanol–water partition coefficient (Wildman–Crippen LogP) is 2.68. The zero-order valence-corrected chi connectivity index (χ0v) is 10.6. The number of halogens is 3. The second-order valence-corrected chi connectivity index (χ2v) is 4.38. The van der Waals surface area contributed by atoms with E-state index in [0.29, 0.717) is 5.56 Å². The Labute approximate surface area is 116 Å². The molecule has 4 nitrogen and oxygen atoms in total. The first-order chi connectivity index (χ1) is 9.79. The highest BCUT2D eigenvalue weighted by atomic mass is 19.4. The van der Waals surface area contributed by atoms with Crippen LogP contribution in [0.5, 0.6) is 0 Å². The number of nitrogens with one attached hydrogen (secondary N) is 1. The fourth-order valence-corrected chi connectivity index (χ4v) is 1.93. The van der Waals surface area contributed by atoms with Crippen molar-refractivity contribution in [1.29, 1.82) is 0 Å². The molecule has 1 aromatic heterocycles. The zero-order chi connectivity index (χ0) is 15.6. The third-order valence-electron chi connectivity index (χ3n) is 2.94. The molecule has 0 saturated heterocycles. The Balaban J connectivity index is 2.33. The molecular formula is C14H10F3NO3. The van der Waals surface area contributed by atoms with Crippen molar-refractivity contribution >= 4 is 5.97 Å². The van der Waals surface area contributed by atoms with E-state index < -0.39 is 28.8 Å². The summed E-state index contributed by atoms with van der Waals surface area (Å²) < 4.78 is 37.3. The molecule has 21 heavy (non-hydrogen) atoms. The summed E-state index contributed by atoms with van der Waals surface area (Å²) in [5.41, 5.74) is -1.21. The number of aromatic carboxylic acids is 1. The summed E-state index contributed by atoms with van der Waals surface area (Å²) in [4.78, 5) is 24.8. The molecule has 2 N–H and O–H groups in total. The minimum absolute atomic E-state index is 0.0592. The molecule has 0 atom stereocenters. The summed E-state index contributed by atoms with van der Waals surface area (Å²) in [7, 11) is 0. The highest BCUT2D eigenvalue weighted by molar-refractivity contribution is 5.89. The minimum atomic E-state index is -4.42. The first-order valence-electron chi connectivity index (χ1n) is 5.89. The van der Waals surface area contributed by atoms with Crippen LogP contribution in [0.25, 0.3) is 0 Å². The van der Waals surface area contributed by atoms with Gasteiger partial charge in [-0.2, -0.15) is 13.2 Å². The van der Waals surface area contributed by atoms with E-state index in [9.17, 15) is 22.8 Å². The number of pyridine rings is 1. The fourth-order valence-electron chi connectivity index (χ4n) is 1.93. The van der Waals surface area contributed by atoms with Gasteiger partial charge in [-0.15, -0.1) is 0 Å². The highest BCUT2D eigenvalue weighted by Crippen LogP contribution is 2.29. The Morgan fingerprint density at radius 1 is 1.14 bits per heavy atom. The molecule has 1 aromatic carbocycles. The molecule has 0 unspecified atom stereocenters. The van der Waals surface area contributed by atoms with Gasteiger partial charge in [-0.3, -0.25) is 4.79 Å². The van der Waals surface area contributed by atoms with Crippen molar-refractivity contribution in [2.75, 3.05) is 0 Å². The largest absolute Gasteiger partial charge is 0.477 e. The number of alkyl halides is 3. The van der Waals surface area contributed by atoms with Crippen LogP contribution in [0, 0.1) is 0 Å². The molecule has 1 heterocycles. The average molecular weight is 297 g/mol. The van der Waals surface area contributed by atoms with Gasteiger partial charge in [0.25, 0.3) is 5.56 Å². The molecule has 0 bridgehead atoms. The van der Waals surface area contributed by atoms with Crippen LogP contribution in [0.1, 0.15) is 27.0 Å². The van der Waals surface area contributed by atoms with Gasteiger partial charge in [0.1, 0.15) is 5.56 Å². The van der Waals surface area contributed by atoms with Gasteiger partial charge in [0, 0.05) is 6.20 Å². The van der Waals surface area contributed by atoms with Crippen LogP contribution in [0.2, 0.25) is 0 Å². The summed E-state index contributed by atoms with van der Waals surface area (Å²) in [6.07, 6.45) is -3.06. The third-order valence-corrected chi connectivity index (χ3v) is 2.94. The van der Waals surface area contributed by atoms with Gasteiger partial charge < -0.3 is 10.1 Å². The van der Waals surface area contributed by atoms with Gasteiger partial charge in [-0.05, 0) is 35.7 Å². The molecule has 0 fully saturated rings. The van der Waals surface area contributed by atoms with Crippen molar-refractivity contribution in [3.63, 3.8) is 0 Å². The molecular weight excluding hydrogens is 287 g/mol. The van der Waals surface area contributed by atoms with Crippen LogP contribution in [0.3, 0.4) is 0 Å². The monoisotopic (exact) mass is 297 g/mol. The average Bonchev–Trinajstić information content (AvgIpc) is 2.38. The summed E-state index contributed by atoms with van der Waals surface area (Å²) in [5, 5.41) is 9.01. The predicted molar refractivity (Wildman–Crippen MR) is 68.3 cm³/mol. The number of benzene rings is 1. The maximum absolute atomic E-state index is 12.4. The van der Waals surface area contributed by atoms with E-state index in [1.165, 1.54) is 24.4 Å². The first kappa shape index (κ1) is 14.8. The smallest absolute Gasteiger partial charge is 0.416 e. The van der Waals surface area contributed by atoms with Gasteiger partial charge in [0.15, 0.2) is 0 Å². The number of aromatic nitrogens is 1. The summed E-state index contributed by atoms with van der Waals surface area (Å²) >= 11 is 0. The summed E-state index contributed by atoms with van der Waals surface area (Å²) in [5.74, 6) is -1.38. The molecule has 0 aliphatic carbocycles. The van der Waals surface area contributed by atoms with Crippen molar-refractivity contribution in [3.8, 4) is 0 Å². The van der Waals surface area contributed by atoms with Crippen molar-refractivity contribution in [2.24, 2.45) is 0 Å².